The van der Waals surface area contributed by atoms with Crippen molar-refractivity contribution in [2.24, 2.45) is 0 Å². The van der Waals surface area contributed by atoms with Crippen LogP contribution in [0.15, 0.2) is 42.5 Å². The maximum Gasteiger partial charge on any atom is 0.338 e. The lowest BCUT2D eigenvalue weighted by atomic mass is 10.1. The van der Waals surface area contributed by atoms with Crippen LogP contribution in [-0.4, -0.2) is 13.1 Å². The Morgan fingerprint density at radius 3 is 2.70 bits per heavy atom. The number of hydrogen-bond donors (Lipinski definition) is 1. The smallest absolute Gasteiger partial charge is 0.338 e. The van der Waals surface area contributed by atoms with Gasteiger partial charge in [-0.2, -0.15) is 0 Å². The van der Waals surface area contributed by atoms with Gasteiger partial charge in [-0.05, 0) is 36.2 Å². The number of anilines is 1. The minimum atomic E-state index is -0.377. The summed E-state index contributed by atoms with van der Waals surface area (Å²) in [7, 11) is 1.35. The molecule has 2 aromatic rings. The lowest BCUT2D eigenvalue weighted by Gasteiger charge is -2.10. The van der Waals surface area contributed by atoms with Gasteiger partial charge in [0.25, 0.3) is 0 Å². The molecule has 0 saturated carbocycles. The summed E-state index contributed by atoms with van der Waals surface area (Å²) in [6.45, 7) is 2.14. The van der Waals surface area contributed by atoms with Crippen LogP contribution in [0.2, 0.25) is 0 Å². The Morgan fingerprint density at radius 1 is 1.25 bits per heavy atom. The van der Waals surface area contributed by atoms with Crippen LogP contribution in [0.5, 0.6) is 0 Å². The molecule has 2 rings (SSSR count). The Morgan fingerprint density at radius 2 is 2.00 bits per heavy atom. The van der Waals surface area contributed by atoms with Gasteiger partial charge in [-0.15, -0.1) is 0 Å². The van der Waals surface area contributed by atoms with E-state index in [0.29, 0.717) is 23.4 Å². The van der Waals surface area contributed by atoms with E-state index < -0.39 is 0 Å². The third kappa shape index (κ3) is 3.15. The lowest BCUT2D eigenvalue weighted by Crippen LogP contribution is -2.09. The molecule has 0 aliphatic heterocycles. The molecule has 0 bridgehead atoms. The van der Waals surface area contributed by atoms with E-state index in [-0.39, 0.29) is 11.8 Å². The molecule has 0 aliphatic rings. The predicted octanol–water partition coefficient (Wildman–Crippen LogP) is 3.53. The monoisotopic (exact) mass is 273 g/mol. The van der Waals surface area contributed by atoms with Gasteiger partial charge < -0.3 is 10.1 Å². The van der Waals surface area contributed by atoms with Crippen molar-refractivity contribution in [1.82, 2.24) is 0 Å². The number of aryl methyl sites for hydroxylation is 1. The molecule has 2 aromatic carbocycles. The van der Waals surface area contributed by atoms with Crippen LogP contribution in [0.25, 0.3) is 0 Å². The molecule has 104 valence electrons. The van der Waals surface area contributed by atoms with Crippen molar-refractivity contribution in [3.05, 3.63) is 65.0 Å². The summed E-state index contributed by atoms with van der Waals surface area (Å²) in [4.78, 5) is 11.6. The van der Waals surface area contributed by atoms with Gasteiger partial charge in [0, 0.05) is 12.2 Å². The van der Waals surface area contributed by atoms with E-state index >= 15 is 0 Å². The number of ether oxygens (including phenoxy) is 1. The standard InChI is InChI=1S/C16H16FNO2/c1-11-7-8-13(9-15(11)17)18-10-12-5-3-4-6-14(12)16(19)20-2/h3-9,18H,10H2,1-2H3. The van der Waals surface area contributed by atoms with E-state index in [1.54, 1.807) is 31.2 Å². The summed E-state index contributed by atoms with van der Waals surface area (Å²) in [6, 6.07) is 12.1. The summed E-state index contributed by atoms with van der Waals surface area (Å²) in [5, 5.41) is 3.10. The van der Waals surface area contributed by atoms with E-state index in [2.05, 4.69) is 5.32 Å². The first kappa shape index (κ1) is 14.1. The third-order valence-corrected chi connectivity index (χ3v) is 3.08. The van der Waals surface area contributed by atoms with Crippen molar-refractivity contribution in [2.45, 2.75) is 13.5 Å². The molecule has 0 fully saturated rings. The number of carbonyl (C=O) groups excluding carboxylic acids is 1. The quantitative estimate of drug-likeness (QED) is 0.866. The van der Waals surface area contributed by atoms with Crippen molar-refractivity contribution in [2.75, 3.05) is 12.4 Å². The van der Waals surface area contributed by atoms with Gasteiger partial charge in [0.1, 0.15) is 5.82 Å². The van der Waals surface area contributed by atoms with Crippen LogP contribution in [0, 0.1) is 12.7 Å². The minimum Gasteiger partial charge on any atom is -0.465 e. The summed E-state index contributed by atoms with van der Waals surface area (Å²) < 4.78 is 18.2. The van der Waals surface area contributed by atoms with Gasteiger partial charge in [0.2, 0.25) is 0 Å². The number of carbonyl (C=O) groups is 1. The highest BCUT2D eigenvalue weighted by molar-refractivity contribution is 5.91. The second kappa shape index (κ2) is 6.19. The molecule has 1 N–H and O–H groups in total. The number of benzene rings is 2. The highest BCUT2D eigenvalue weighted by atomic mass is 19.1. The van der Waals surface area contributed by atoms with E-state index in [4.69, 9.17) is 4.74 Å². The van der Waals surface area contributed by atoms with Crippen molar-refractivity contribution in [1.29, 1.82) is 0 Å². The highest BCUT2D eigenvalue weighted by Crippen LogP contribution is 2.16. The molecule has 0 radical (unpaired) electrons. The van der Waals surface area contributed by atoms with Crippen molar-refractivity contribution < 1.29 is 13.9 Å². The zero-order valence-corrected chi connectivity index (χ0v) is 11.4. The van der Waals surface area contributed by atoms with Gasteiger partial charge in [-0.3, -0.25) is 0 Å². The number of methoxy groups -OCH3 is 1. The first-order valence-electron chi connectivity index (χ1n) is 6.28. The number of halogens is 1. The van der Waals surface area contributed by atoms with Gasteiger partial charge in [-0.1, -0.05) is 24.3 Å². The molecule has 0 spiro atoms. The van der Waals surface area contributed by atoms with Crippen LogP contribution < -0.4 is 5.32 Å². The molecule has 4 heteroatoms. The fourth-order valence-corrected chi connectivity index (χ4v) is 1.88. The maximum absolute atomic E-state index is 13.5. The third-order valence-electron chi connectivity index (χ3n) is 3.08. The van der Waals surface area contributed by atoms with Crippen LogP contribution in [0.1, 0.15) is 21.5 Å². The fraction of sp³-hybridized carbons (Fsp3) is 0.188. The largest absolute Gasteiger partial charge is 0.465 e. The van der Waals surface area contributed by atoms with Crippen molar-refractivity contribution >= 4 is 11.7 Å². The summed E-state index contributed by atoms with van der Waals surface area (Å²) in [6.07, 6.45) is 0. The topological polar surface area (TPSA) is 38.3 Å². The Kier molecular flexibility index (Phi) is 4.35. The molecule has 0 aliphatic carbocycles. The second-order valence-electron chi connectivity index (χ2n) is 4.47. The fourth-order valence-electron chi connectivity index (χ4n) is 1.88. The number of esters is 1. The Bertz CT molecular complexity index is 626. The van der Waals surface area contributed by atoms with E-state index in [1.807, 2.05) is 12.1 Å². The zero-order valence-electron chi connectivity index (χ0n) is 11.4. The van der Waals surface area contributed by atoms with Gasteiger partial charge in [0.15, 0.2) is 0 Å². The van der Waals surface area contributed by atoms with Gasteiger partial charge >= 0.3 is 5.97 Å². The predicted molar refractivity (Wildman–Crippen MR) is 76.2 cm³/mol. The number of rotatable bonds is 4. The number of hydrogen-bond acceptors (Lipinski definition) is 3. The average molecular weight is 273 g/mol. The zero-order chi connectivity index (χ0) is 14.5. The normalized spacial score (nSPS) is 10.2. The Labute approximate surface area is 117 Å². The summed E-state index contributed by atoms with van der Waals surface area (Å²) in [5.74, 6) is -0.631. The summed E-state index contributed by atoms with van der Waals surface area (Å²) in [5.41, 5.74) is 2.59. The van der Waals surface area contributed by atoms with E-state index in [1.165, 1.54) is 13.2 Å². The minimum absolute atomic E-state index is 0.253. The van der Waals surface area contributed by atoms with Crippen LogP contribution >= 0.6 is 0 Å². The summed E-state index contributed by atoms with van der Waals surface area (Å²) >= 11 is 0. The van der Waals surface area contributed by atoms with Crippen LogP contribution in [0.3, 0.4) is 0 Å². The second-order valence-corrected chi connectivity index (χ2v) is 4.47. The SMILES string of the molecule is COC(=O)c1ccccc1CNc1ccc(C)c(F)c1. The molecule has 0 aromatic heterocycles. The highest BCUT2D eigenvalue weighted by Gasteiger charge is 2.10. The molecular weight excluding hydrogens is 257 g/mol. The molecule has 3 nitrogen and oxygen atoms in total. The molecule has 0 atom stereocenters. The molecular formula is C16H16FNO2. The van der Waals surface area contributed by atoms with E-state index in [0.717, 1.165) is 5.56 Å². The van der Waals surface area contributed by atoms with Gasteiger partial charge in [0.05, 0.1) is 12.7 Å². The molecule has 0 heterocycles. The lowest BCUT2D eigenvalue weighted by molar-refractivity contribution is 0.0599. The number of nitrogens with one attached hydrogen (secondary N) is 1. The van der Waals surface area contributed by atoms with Gasteiger partial charge in [-0.25, -0.2) is 9.18 Å². The first-order chi connectivity index (χ1) is 9.61. The van der Waals surface area contributed by atoms with Crippen molar-refractivity contribution in [3.63, 3.8) is 0 Å². The maximum atomic E-state index is 13.5. The van der Waals surface area contributed by atoms with E-state index in [9.17, 15) is 9.18 Å². The van der Waals surface area contributed by atoms with Crippen molar-refractivity contribution in [3.8, 4) is 0 Å². The molecule has 20 heavy (non-hydrogen) atoms. The molecule has 0 amide bonds. The Hall–Kier alpha value is -2.36. The first-order valence-corrected chi connectivity index (χ1v) is 6.28. The van der Waals surface area contributed by atoms with Crippen LogP contribution in [-0.2, 0) is 11.3 Å². The average Bonchev–Trinajstić information content (AvgIpc) is 2.48. The molecule has 0 unspecified atom stereocenters. The van der Waals surface area contributed by atoms with Crippen LogP contribution in [0.4, 0.5) is 10.1 Å². The Balaban J connectivity index is 2.14. The molecule has 0 saturated heterocycles.